The van der Waals surface area contributed by atoms with E-state index in [1.165, 1.54) is 27.9 Å². The van der Waals surface area contributed by atoms with Gasteiger partial charge in [0.15, 0.2) is 0 Å². The molecule has 2 aliphatic heterocycles. The molecular weight excluding hydrogens is 374 g/mol. The smallest absolute Gasteiger partial charge is 0.251 e. The number of rotatable bonds is 5. The van der Waals surface area contributed by atoms with Gasteiger partial charge in [0.1, 0.15) is 0 Å². The SMILES string of the molecule is Cc1cc(C)c(CN2C[C@H]3C[C@@H](C2)[C@H](CN(C)C)n2c3cccc2=O)c(C)c1CO. The lowest BCUT2D eigenvalue weighted by Crippen LogP contribution is -2.51. The van der Waals surface area contributed by atoms with E-state index in [1.54, 1.807) is 6.07 Å². The molecule has 2 bridgehead atoms. The molecule has 0 radical (unpaired) electrons. The van der Waals surface area contributed by atoms with Crippen LogP contribution in [0.25, 0.3) is 0 Å². The molecular formula is C25H35N3O2. The van der Waals surface area contributed by atoms with Crippen LogP contribution in [0.5, 0.6) is 0 Å². The molecule has 3 atom stereocenters. The first-order valence-electron chi connectivity index (χ1n) is 11.1. The molecule has 5 nitrogen and oxygen atoms in total. The Balaban J connectivity index is 1.67. The largest absolute Gasteiger partial charge is 0.392 e. The van der Waals surface area contributed by atoms with Crippen molar-refractivity contribution in [2.75, 3.05) is 33.7 Å². The van der Waals surface area contributed by atoms with Crippen molar-refractivity contribution in [2.45, 2.75) is 52.3 Å². The maximum atomic E-state index is 12.8. The maximum absolute atomic E-state index is 12.8. The van der Waals surface area contributed by atoms with Gasteiger partial charge in [-0.05, 0) is 81.1 Å². The number of hydrogen-bond donors (Lipinski definition) is 1. The van der Waals surface area contributed by atoms with Crippen LogP contribution in [0.2, 0.25) is 0 Å². The van der Waals surface area contributed by atoms with E-state index in [-0.39, 0.29) is 18.2 Å². The second-order valence-electron chi connectivity index (χ2n) is 9.63. The molecule has 2 aliphatic rings. The Kier molecular flexibility index (Phi) is 5.88. The Hall–Kier alpha value is -1.95. The van der Waals surface area contributed by atoms with Crippen molar-refractivity contribution >= 4 is 0 Å². The summed E-state index contributed by atoms with van der Waals surface area (Å²) in [5.74, 6) is 0.876. The van der Waals surface area contributed by atoms with Crippen LogP contribution in [0.3, 0.4) is 0 Å². The molecule has 0 amide bonds. The fraction of sp³-hybridized carbons (Fsp3) is 0.560. The van der Waals surface area contributed by atoms with E-state index < -0.39 is 0 Å². The zero-order valence-corrected chi connectivity index (χ0v) is 19.0. The van der Waals surface area contributed by atoms with Crippen LogP contribution in [-0.4, -0.2) is 53.2 Å². The van der Waals surface area contributed by atoms with Gasteiger partial charge >= 0.3 is 0 Å². The lowest BCUT2D eigenvalue weighted by atomic mass is 9.78. The van der Waals surface area contributed by atoms with E-state index in [0.29, 0.717) is 11.8 Å². The number of benzene rings is 1. The predicted octanol–water partition coefficient (Wildman–Crippen LogP) is 2.99. The highest BCUT2D eigenvalue weighted by molar-refractivity contribution is 5.44. The van der Waals surface area contributed by atoms with Gasteiger partial charge in [0.25, 0.3) is 5.56 Å². The number of aliphatic hydroxyl groups is 1. The Morgan fingerprint density at radius 1 is 1.10 bits per heavy atom. The molecule has 4 rings (SSSR count). The minimum Gasteiger partial charge on any atom is -0.392 e. The third kappa shape index (κ3) is 3.75. The number of fused-ring (bicyclic) bond motifs is 4. The molecule has 0 aliphatic carbocycles. The van der Waals surface area contributed by atoms with E-state index in [4.69, 9.17) is 0 Å². The predicted molar refractivity (Wildman–Crippen MR) is 121 cm³/mol. The van der Waals surface area contributed by atoms with Crippen molar-refractivity contribution in [3.05, 3.63) is 68.1 Å². The van der Waals surface area contributed by atoms with Crippen LogP contribution in [0.15, 0.2) is 29.1 Å². The van der Waals surface area contributed by atoms with Crippen molar-refractivity contribution in [3.63, 3.8) is 0 Å². The molecule has 162 valence electrons. The van der Waals surface area contributed by atoms with Gasteiger partial charge in [-0.2, -0.15) is 0 Å². The summed E-state index contributed by atoms with van der Waals surface area (Å²) < 4.78 is 2.09. The fourth-order valence-corrected chi connectivity index (χ4v) is 5.86. The van der Waals surface area contributed by atoms with Gasteiger partial charge in [-0.15, -0.1) is 0 Å². The molecule has 1 aromatic carbocycles. The van der Waals surface area contributed by atoms with Crippen molar-refractivity contribution < 1.29 is 5.11 Å². The quantitative estimate of drug-likeness (QED) is 0.825. The molecule has 1 saturated heterocycles. The zero-order valence-electron chi connectivity index (χ0n) is 19.0. The summed E-state index contributed by atoms with van der Waals surface area (Å²) in [6.45, 7) is 10.3. The molecule has 30 heavy (non-hydrogen) atoms. The lowest BCUT2D eigenvalue weighted by Gasteiger charge is -2.47. The summed E-state index contributed by atoms with van der Waals surface area (Å²) in [6, 6.07) is 8.21. The molecule has 1 fully saturated rings. The number of aryl methyl sites for hydroxylation is 2. The summed E-state index contributed by atoms with van der Waals surface area (Å²) in [4.78, 5) is 17.5. The molecule has 0 saturated carbocycles. The number of aromatic nitrogens is 1. The first kappa shape index (κ1) is 21.3. The van der Waals surface area contributed by atoms with Crippen LogP contribution in [0.1, 0.15) is 51.9 Å². The lowest BCUT2D eigenvalue weighted by molar-refractivity contribution is 0.0741. The molecule has 3 heterocycles. The molecule has 2 aromatic rings. The highest BCUT2D eigenvalue weighted by Crippen LogP contribution is 2.42. The second kappa shape index (κ2) is 8.29. The van der Waals surface area contributed by atoms with E-state index in [0.717, 1.165) is 38.2 Å². The van der Waals surface area contributed by atoms with Gasteiger partial charge in [0, 0.05) is 43.9 Å². The van der Waals surface area contributed by atoms with Gasteiger partial charge in [-0.1, -0.05) is 12.1 Å². The van der Waals surface area contributed by atoms with Crippen molar-refractivity contribution in [3.8, 4) is 0 Å². The first-order valence-corrected chi connectivity index (χ1v) is 11.1. The Labute approximate surface area is 179 Å². The third-order valence-electron chi connectivity index (χ3n) is 7.26. The number of piperidine rings is 1. The van der Waals surface area contributed by atoms with Gasteiger partial charge in [0.2, 0.25) is 0 Å². The van der Waals surface area contributed by atoms with Crippen LogP contribution < -0.4 is 5.56 Å². The molecule has 1 aromatic heterocycles. The molecule has 0 unspecified atom stereocenters. The summed E-state index contributed by atoms with van der Waals surface area (Å²) in [6.07, 6.45) is 1.16. The number of likely N-dealkylation sites (N-methyl/N-ethyl adjacent to an activating group) is 1. The molecule has 0 spiro atoms. The summed E-state index contributed by atoms with van der Waals surface area (Å²) in [5.41, 5.74) is 7.45. The second-order valence-corrected chi connectivity index (χ2v) is 9.63. The standard InChI is InChI=1S/C25H35N3O2/c1-16-9-17(2)22(15-29)18(3)21(16)13-27-11-19-10-20(12-27)24(14-26(4)5)28-23(19)7-6-8-25(28)30/h6-9,19-20,24,29H,10-15H2,1-5H3/t19-,20+,24+/m1/s1. The summed E-state index contributed by atoms with van der Waals surface area (Å²) in [7, 11) is 4.19. The van der Waals surface area contributed by atoms with Gasteiger partial charge < -0.3 is 14.6 Å². The van der Waals surface area contributed by atoms with Crippen LogP contribution >= 0.6 is 0 Å². The first-order chi connectivity index (χ1) is 14.3. The Morgan fingerprint density at radius 2 is 1.83 bits per heavy atom. The van der Waals surface area contributed by atoms with E-state index >= 15 is 0 Å². The highest BCUT2D eigenvalue weighted by atomic mass is 16.3. The normalized spacial score (nSPS) is 23.6. The van der Waals surface area contributed by atoms with Gasteiger partial charge in [-0.3, -0.25) is 9.69 Å². The minimum atomic E-state index is 0.0946. The monoisotopic (exact) mass is 409 g/mol. The number of hydrogen-bond acceptors (Lipinski definition) is 4. The number of nitrogens with zero attached hydrogens (tertiary/aromatic N) is 3. The van der Waals surface area contributed by atoms with Crippen LogP contribution in [0, 0.1) is 26.7 Å². The zero-order chi connectivity index (χ0) is 21.6. The van der Waals surface area contributed by atoms with Crippen molar-refractivity contribution in [1.82, 2.24) is 14.4 Å². The minimum absolute atomic E-state index is 0.0946. The highest BCUT2D eigenvalue weighted by Gasteiger charge is 2.40. The summed E-state index contributed by atoms with van der Waals surface area (Å²) >= 11 is 0. The fourth-order valence-electron chi connectivity index (χ4n) is 5.86. The summed E-state index contributed by atoms with van der Waals surface area (Å²) in [5, 5.41) is 9.86. The van der Waals surface area contributed by atoms with Crippen molar-refractivity contribution in [1.29, 1.82) is 0 Å². The van der Waals surface area contributed by atoms with Crippen molar-refractivity contribution in [2.24, 2.45) is 5.92 Å². The average molecular weight is 410 g/mol. The topological polar surface area (TPSA) is 48.7 Å². The number of pyridine rings is 1. The number of likely N-dealkylation sites (tertiary alicyclic amines) is 1. The third-order valence-corrected chi connectivity index (χ3v) is 7.26. The Bertz CT molecular complexity index is 995. The van der Waals surface area contributed by atoms with E-state index in [9.17, 15) is 9.90 Å². The van der Waals surface area contributed by atoms with E-state index in [1.807, 2.05) is 6.07 Å². The van der Waals surface area contributed by atoms with Gasteiger partial charge in [0.05, 0.1) is 12.6 Å². The molecule has 1 N–H and O–H groups in total. The number of aliphatic hydroxyl groups excluding tert-OH is 1. The maximum Gasteiger partial charge on any atom is 0.251 e. The average Bonchev–Trinajstić information content (AvgIpc) is 2.68. The Morgan fingerprint density at radius 3 is 2.53 bits per heavy atom. The molecule has 5 heteroatoms. The van der Waals surface area contributed by atoms with Crippen LogP contribution in [-0.2, 0) is 13.2 Å². The van der Waals surface area contributed by atoms with Crippen LogP contribution in [0.4, 0.5) is 0 Å². The van der Waals surface area contributed by atoms with E-state index in [2.05, 4.69) is 61.4 Å². The van der Waals surface area contributed by atoms with Gasteiger partial charge in [-0.25, -0.2) is 0 Å².